The maximum Gasteiger partial charge on any atom is 0.281 e. The van der Waals surface area contributed by atoms with E-state index in [0.717, 1.165) is 16.0 Å². The van der Waals surface area contributed by atoms with E-state index in [-0.39, 0.29) is 11.6 Å². The van der Waals surface area contributed by atoms with Gasteiger partial charge >= 0.3 is 0 Å². The lowest BCUT2D eigenvalue weighted by molar-refractivity contribution is -0.384. The van der Waals surface area contributed by atoms with Crippen LogP contribution in [0.25, 0.3) is 10.1 Å². The van der Waals surface area contributed by atoms with Gasteiger partial charge in [0.15, 0.2) is 0 Å². The Morgan fingerprint density at radius 2 is 2.04 bits per heavy atom. The second-order valence-corrected chi connectivity index (χ2v) is 6.37. The van der Waals surface area contributed by atoms with Crippen LogP contribution in [0, 0.1) is 10.1 Å². The Morgan fingerprint density at radius 1 is 1.27 bits per heavy atom. The summed E-state index contributed by atoms with van der Waals surface area (Å²) in [5.41, 5.74) is 3.28. The van der Waals surface area contributed by atoms with Crippen LogP contribution in [-0.4, -0.2) is 23.7 Å². The molecule has 1 N–H and O–H groups in total. The molecule has 0 radical (unpaired) electrons. The van der Waals surface area contributed by atoms with Crippen LogP contribution in [0.15, 0.2) is 53.6 Å². The molecule has 1 amide bonds. The summed E-state index contributed by atoms with van der Waals surface area (Å²) in [7, 11) is 0. The molecule has 0 bridgehead atoms. The summed E-state index contributed by atoms with van der Waals surface area (Å²) < 4.78 is 6.16. The summed E-state index contributed by atoms with van der Waals surface area (Å²) in [6.45, 7) is 2.51. The van der Waals surface area contributed by atoms with E-state index >= 15 is 0 Å². The molecule has 0 aliphatic rings. The minimum Gasteiger partial charge on any atom is -0.494 e. The topological polar surface area (TPSA) is 93.8 Å². The third kappa shape index (κ3) is 4.04. The SMILES string of the molecule is CCOc1ccc(C=NNC(=O)c2cc3cc([N+](=O)[O-])ccc3s2)cc1. The standard InChI is InChI=1S/C18H15N3O4S/c1-2-25-15-6-3-12(4-7-15)11-19-20-18(22)17-10-13-9-14(21(23)24)5-8-16(13)26-17/h3-11H,2H2,1H3,(H,20,22). The van der Waals surface area contributed by atoms with Crippen molar-refractivity contribution in [1.29, 1.82) is 0 Å². The molecule has 3 rings (SSSR count). The van der Waals surface area contributed by atoms with Crippen LogP contribution in [0.4, 0.5) is 5.69 Å². The molecule has 0 spiro atoms. The molecule has 0 saturated heterocycles. The van der Waals surface area contributed by atoms with Crippen LogP contribution in [-0.2, 0) is 0 Å². The Balaban J connectivity index is 1.67. The van der Waals surface area contributed by atoms with Crippen molar-refractivity contribution >= 4 is 39.2 Å². The molecule has 2 aromatic carbocycles. The highest BCUT2D eigenvalue weighted by atomic mass is 32.1. The molecule has 1 heterocycles. The molecule has 0 aliphatic carbocycles. The number of hydrazone groups is 1. The molecule has 7 nitrogen and oxygen atoms in total. The average molecular weight is 369 g/mol. The van der Waals surface area contributed by atoms with E-state index in [1.54, 1.807) is 12.1 Å². The molecular formula is C18H15N3O4S. The number of amides is 1. The first kappa shape index (κ1) is 17.6. The first-order valence-corrected chi connectivity index (χ1v) is 8.62. The van der Waals surface area contributed by atoms with Crippen LogP contribution in [0.3, 0.4) is 0 Å². The lowest BCUT2D eigenvalue weighted by Crippen LogP contribution is -2.16. The number of nitrogens with one attached hydrogen (secondary N) is 1. The number of nitrogens with zero attached hydrogens (tertiary/aromatic N) is 2. The molecule has 0 fully saturated rings. The van der Waals surface area contributed by atoms with Crippen molar-refractivity contribution in [1.82, 2.24) is 5.43 Å². The summed E-state index contributed by atoms with van der Waals surface area (Å²) >= 11 is 1.25. The number of nitro benzene ring substituents is 1. The highest BCUT2D eigenvalue weighted by Crippen LogP contribution is 2.28. The highest BCUT2D eigenvalue weighted by Gasteiger charge is 2.12. The van der Waals surface area contributed by atoms with Crippen molar-refractivity contribution in [2.45, 2.75) is 6.92 Å². The molecule has 1 aromatic heterocycles. The van der Waals surface area contributed by atoms with Gasteiger partial charge in [-0.05, 0) is 48.9 Å². The maximum absolute atomic E-state index is 12.2. The first-order chi connectivity index (χ1) is 12.6. The second kappa shape index (κ2) is 7.75. The van der Waals surface area contributed by atoms with Crippen LogP contribution in [0.1, 0.15) is 22.2 Å². The van der Waals surface area contributed by atoms with Gasteiger partial charge in [0, 0.05) is 22.2 Å². The Bertz CT molecular complexity index is 980. The number of hydrogen-bond acceptors (Lipinski definition) is 6. The van der Waals surface area contributed by atoms with E-state index in [0.29, 0.717) is 16.9 Å². The van der Waals surface area contributed by atoms with Crippen molar-refractivity contribution < 1.29 is 14.5 Å². The number of thiophene rings is 1. The van der Waals surface area contributed by atoms with E-state index in [2.05, 4.69) is 10.5 Å². The fraction of sp³-hybridized carbons (Fsp3) is 0.111. The summed E-state index contributed by atoms with van der Waals surface area (Å²) in [4.78, 5) is 23.0. The van der Waals surface area contributed by atoms with Crippen LogP contribution >= 0.6 is 11.3 Å². The van der Waals surface area contributed by atoms with Gasteiger partial charge in [0.2, 0.25) is 0 Å². The van der Waals surface area contributed by atoms with E-state index in [1.807, 2.05) is 31.2 Å². The number of ether oxygens (including phenoxy) is 1. The molecule has 0 unspecified atom stereocenters. The normalized spacial score (nSPS) is 11.0. The Labute approximate surface area is 153 Å². The van der Waals surface area contributed by atoms with E-state index in [4.69, 9.17) is 4.74 Å². The van der Waals surface area contributed by atoms with Crippen molar-refractivity contribution in [2.75, 3.05) is 6.61 Å². The van der Waals surface area contributed by atoms with Crippen LogP contribution in [0.2, 0.25) is 0 Å². The highest BCUT2D eigenvalue weighted by molar-refractivity contribution is 7.20. The third-order valence-electron chi connectivity index (χ3n) is 3.51. The molecule has 0 saturated carbocycles. The number of benzene rings is 2. The quantitative estimate of drug-likeness (QED) is 0.404. The summed E-state index contributed by atoms with van der Waals surface area (Å²) in [6, 6.07) is 13.4. The molecule has 8 heteroatoms. The fourth-order valence-corrected chi connectivity index (χ4v) is 3.23. The zero-order chi connectivity index (χ0) is 18.5. The lowest BCUT2D eigenvalue weighted by atomic mass is 10.2. The Hall–Kier alpha value is -3.26. The van der Waals surface area contributed by atoms with Gasteiger partial charge in [0.05, 0.1) is 22.6 Å². The van der Waals surface area contributed by atoms with Crippen molar-refractivity contribution in [3.8, 4) is 5.75 Å². The van der Waals surface area contributed by atoms with Crippen molar-refractivity contribution in [2.24, 2.45) is 5.10 Å². The number of fused-ring (bicyclic) bond motifs is 1. The average Bonchev–Trinajstić information content (AvgIpc) is 3.06. The first-order valence-electron chi connectivity index (χ1n) is 7.81. The van der Waals surface area contributed by atoms with Crippen molar-refractivity contribution in [3.63, 3.8) is 0 Å². The second-order valence-electron chi connectivity index (χ2n) is 5.29. The molecule has 0 atom stereocenters. The van der Waals surface area contributed by atoms with Crippen molar-refractivity contribution in [3.05, 3.63) is 69.1 Å². The van der Waals surface area contributed by atoms with Gasteiger partial charge in [-0.15, -0.1) is 11.3 Å². The summed E-state index contributed by atoms with van der Waals surface area (Å²) in [5, 5.41) is 15.4. The smallest absolute Gasteiger partial charge is 0.281 e. The van der Waals surface area contributed by atoms with Gasteiger partial charge in [-0.1, -0.05) is 0 Å². The minimum atomic E-state index is -0.460. The predicted octanol–water partition coefficient (Wildman–Crippen LogP) is 3.97. The number of hydrogen-bond donors (Lipinski definition) is 1. The molecule has 0 aliphatic heterocycles. The van der Waals surface area contributed by atoms with Crippen LogP contribution in [0.5, 0.6) is 5.75 Å². The zero-order valence-electron chi connectivity index (χ0n) is 13.8. The predicted molar refractivity (Wildman–Crippen MR) is 101 cm³/mol. The van der Waals surface area contributed by atoms with Gasteiger partial charge in [-0.2, -0.15) is 5.10 Å². The third-order valence-corrected chi connectivity index (χ3v) is 4.62. The van der Waals surface area contributed by atoms with Gasteiger partial charge in [-0.25, -0.2) is 5.43 Å². The fourth-order valence-electron chi connectivity index (χ4n) is 2.29. The van der Waals surface area contributed by atoms with E-state index in [9.17, 15) is 14.9 Å². The van der Waals surface area contributed by atoms with Gasteiger partial charge in [-0.3, -0.25) is 14.9 Å². The number of non-ortho nitro benzene ring substituents is 1. The summed E-state index contributed by atoms with van der Waals surface area (Å²) in [6.07, 6.45) is 1.53. The number of nitro groups is 1. The van der Waals surface area contributed by atoms with Gasteiger partial charge in [0.1, 0.15) is 5.75 Å². The summed E-state index contributed by atoms with van der Waals surface area (Å²) in [5.74, 6) is 0.407. The molecule has 132 valence electrons. The molecular weight excluding hydrogens is 354 g/mol. The van der Waals surface area contributed by atoms with E-state index in [1.165, 1.54) is 29.7 Å². The molecule has 26 heavy (non-hydrogen) atoms. The number of carbonyl (C=O) groups is 1. The number of rotatable bonds is 6. The maximum atomic E-state index is 12.2. The van der Waals surface area contributed by atoms with E-state index < -0.39 is 4.92 Å². The van der Waals surface area contributed by atoms with Gasteiger partial charge in [0.25, 0.3) is 11.6 Å². The largest absolute Gasteiger partial charge is 0.494 e. The Morgan fingerprint density at radius 3 is 2.73 bits per heavy atom. The zero-order valence-corrected chi connectivity index (χ0v) is 14.7. The monoisotopic (exact) mass is 369 g/mol. The molecule has 3 aromatic rings. The minimum absolute atomic E-state index is 0.00391. The Kier molecular flexibility index (Phi) is 5.23. The lowest BCUT2D eigenvalue weighted by Gasteiger charge is -2.02. The number of carbonyl (C=O) groups excluding carboxylic acids is 1. The van der Waals surface area contributed by atoms with Gasteiger partial charge < -0.3 is 4.74 Å². The van der Waals surface area contributed by atoms with Crippen LogP contribution < -0.4 is 10.2 Å².